The van der Waals surface area contributed by atoms with Gasteiger partial charge in [0.25, 0.3) is 0 Å². The van der Waals surface area contributed by atoms with Crippen LogP contribution in [0.3, 0.4) is 0 Å². The Balaban J connectivity index is 2.39. The molecule has 2 aromatic rings. The number of rotatable bonds is 11. The number of nitrogens with one attached hydrogen (secondary N) is 1. The lowest BCUT2D eigenvalue weighted by molar-refractivity contribution is -0.139. The van der Waals surface area contributed by atoms with Crippen molar-refractivity contribution in [3.05, 3.63) is 63.6 Å². The van der Waals surface area contributed by atoms with Crippen LogP contribution in [0, 0.1) is 0 Å². The lowest BCUT2D eigenvalue weighted by Gasteiger charge is -2.31. The van der Waals surface area contributed by atoms with Crippen molar-refractivity contribution in [3.63, 3.8) is 0 Å². The maximum absolute atomic E-state index is 13.5. The van der Waals surface area contributed by atoms with Gasteiger partial charge in [-0.15, -0.1) is 0 Å². The summed E-state index contributed by atoms with van der Waals surface area (Å²) in [6.45, 7) is 5.55. The third-order valence-corrected chi connectivity index (χ3v) is 7.11. The van der Waals surface area contributed by atoms with E-state index in [1.54, 1.807) is 37.3 Å². The van der Waals surface area contributed by atoms with Gasteiger partial charge in [-0.05, 0) is 55.2 Å². The van der Waals surface area contributed by atoms with E-state index in [1.807, 2.05) is 26.0 Å². The predicted octanol–water partition coefficient (Wildman–Crippen LogP) is 4.27. The van der Waals surface area contributed by atoms with E-state index in [0.29, 0.717) is 27.8 Å². The standard InChI is InChI=1S/C24H31Cl2N3O4S/c1-5-13-27-24(31)17(3)28(15-19-9-10-20(25)14-22(19)26)23(30)16-29(34(4,32)33)21-11-7-18(6-2)8-12-21/h7-12,14,17H,5-6,13,15-16H2,1-4H3,(H,27,31)/t17-/m0/s1. The molecule has 0 aliphatic carbocycles. The second-order valence-electron chi connectivity index (χ2n) is 8.01. The minimum absolute atomic E-state index is 0.0158. The molecule has 1 atom stereocenters. The molecule has 0 heterocycles. The zero-order valence-corrected chi connectivity index (χ0v) is 22.2. The summed E-state index contributed by atoms with van der Waals surface area (Å²) < 4.78 is 26.2. The van der Waals surface area contributed by atoms with Gasteiger partial charge in [-0.2, -0.15) is 0 Å². The summed E-state index contributed by atoms with van der Waals surface area (Å²) in [5.74, 6) is -0.867. The van der Waals surface area contributed by atoms with Crippen molar-refractivity contribution in [3.8, 4) is 0 Å². The average molecular weight is 529 g/mol. The Labute approximate surface area is 212 Å². The van der Waals surface area contributed by atoms with Gasteiger partial charge in [-0.25, -0.2) is 8.42 Å². The number of hydrogen-bond acceptors (Lipinski definition) is 4. The van der Waals surface area contributed by atoms with E-state index < -0.39 is 28.5 Å². The Kier molecular flexibility index (Phi) is 10.2. The van der Waals surface area contributed by atoms with Crippen LogP contribution in [-0.2, 0) is 32.6 Å². The molecule has 34 heavy (non-hydrogen) atoms. The quantitative estimate of drug-likeness (QED) is 0.472. The fourth-order valence-electron chi connectivity index (χ4n) is 3.32. The van der Waals surface area contributed by atoms with Crippen LogP contribution in [-0.4, -0.2) is 50.5 Å². The molecule has 0 saturated carbocycles. The van der Waals surface area contributed by atoms with E-state index in [9.17, 15) is 18.0 Å². The van der Waals surface area contributed by atoms with Crippen LogP contribution in [0.4, 0.5) is 5.69 Å². The highest BCUT2D eigenvalue weighted by atomic mass is 35.5. The van der Waals surface area contributed by atoms with E-state index >= 15 is 0 Å². The highest BCUT2D eigenvalue weighted by molar-refractivity contribution is 7.92. The van der Waals surface area contributed by atoms with E-state index in [-0.39, 0.29) is 12.5 Å². The van der Waals surface area contributed by atoms with Crippen molar-refractivity contribution in [2.24, 2.45) is 0 Å². The molecule has 0 spiro atoms. The van der Waals surface area contributed by atoms with Crippen molar-refractivity contribution in [2.75, 3.05) is 23.7 Å². The molecule has 0 saturated heterocycles. The van der Waals surface area contributed by atoms with Crippen molar-refractivity contribution < 1.29 is 18.0 Å². The predicted molar refractivity (Wildman–Crippen MR) is 138 cm³/mol. The third-order valence-electron chi connectivity index (χ3n) is 5.38. The number of sulfonamides is 1. The number of carbonyl (C=O) groups excluding carboxylic acids is 2. The number of carbonyl (C=O) groups is 2. The fraction of sp³-hybridized carbons (Fsp3) is 0.417. The Hall–Kier alpha value is -2.29. The largest absolute Gasteiger partial charge is 0.354 e. The molecule has 7 nitrogen and oxygen atoms in total. The van der Waals surface area contributed by atoms with Crippen LogP contribution >= 0.6 is 23.2 Å². The first-order valence-corrected chi connectivity index (χ1v) is 13.7. The van der Waals surface area contributed by atoms with Gasteiger partial charge in [0, 0.05) is 23.1 Å². The summed E-state index contributed by atoms with van der Waals surface area (Å²) in [6.07, 6.45) is 2.59. The molecule has 2 rings (SSSR count). The summed E-state index contributed by atoms with van der Waals surface area (Å²) in [6, 6.07) is 11.0. The monoisotopic (exact) mass is 527 g/mol. The van der Waals surface area contributed by atoms with Gasteiger partial charge in [0.1, 0.15) is 12.6 Å². The van der Waals surface area contributed by atoms with Gasteiger partial charge in [-0.3, -0.25) is 13.9 Å². The minimum Gasteiger partial charge on any atom is -0.354 e. The van der Waals surface area contributed by atoms with Gasteiger partial charge < -0.3 is 10.2 Å². The summed E-state index contributed by atoms with van der Waals surface area (Å²) in [5.41, 5.74) is 2.01. The van der Waals surface area contributed by atoms with Gasteiger partial charge in [-0.1, -0.05) is 55.2 Å². The van der Waals surface area contributed by atoms with Crippen molar-refractivity contribution in [1.29, 1.82) is 0 Å². The number of anilines is 1. The number of nitrogens with zero attached hydrogens (tertiary/aromatic N) is 2. The second kappa shape index (κ2) is 12.4. The number of amides is 2. The minimum atomic E-state index is -3.77. The molecule has 0 aliphatic rings. The van der Waals surface area contributed by atoms with Gasteiger partial charge in [0.05, 0.1) is 11.9 Å². The number of benzene rings is 2. The van der Waals surface area contributed by atoms with E-state index in [1.165, 1.54) is 4.90 Å². The van der Waals surface area contributed by atoms with E-state index in [4.69, 9.17) is 23.2 Å². The molecule has 186 valence electrons. The van der Waals surface area contributed by atoms with Crippen molar-refractivity contribution in [1.82, 2.24) is 10.2 Å². The van der Waals surface area contributed by atoms with E-state index in [2.05, 4.69) is 5.32 Å². The molecule has 0 aromatic heterocycles. The molecule has 0 bridgehead atoms. The lowest BCUT2D eigenvalue weighted by atomic mass is 10.1. The number of halogens is 2. The summed E-state index contributed by atoms with van der Waals surface area (Å²) in [4.78, 5) is 27.5. The fourth-order valence-corrected chi connectivity index (χ4v) is 4.64. The van der Waals surface area contributed by atoms with Crippen LogP contribution in [0.15, 0.2) is 42.5 Å². The molecule has 1 N–H and O–H groups in total. The van der Waals surface area contributed by atoms with Gasteiger partial charge in [0.15, 0.2) is 0 Å². The molecule has 0 aliphatic heterocycles. The third kappa shape index (κ3) is 7.61. The summed E-state index contributed by atoms with van der Waals surface area (Å²) >= 11 is 12.3. The summed E-state index contributed by atoms with van der Waals surface area (Å²) in [5, 5.41) is 3.58. The first-order valence-electron chi connectivity index (χ1n) is 11.1. The molecule has 2 amide bonds. The Morgan fingerprint density at radius 3 is 2.24 bits per heavy atom. The first kappa shape index (κ1) is 28.0. The van der Waals surface area contributed by atoms with Crippen molar-refractivity contribution in [2.45, 2.75) is 46.2 Å². The molecule has 0 unspecified atom stereocenters. The van der Waals surface area contributed by atoms with E-state index in [0.717, 1.165) is 29.0 Å². The van der Waals surface area contributed by atoms with Gasteiger partial charge in [0.2, 0.25) is 21.8 Å². The average Bonchev–Trinajstić information content (AvgIpc) is 2.79. The molecule has 0 radical (unpaired) electrons. The SMILES string of the molecule is CCCNC(=O)[C@H](C)N(Cc1ccc(Cl)cc1Cl)C(=O)CN(c1ccc(CC)cc1)S(C)(=O)=O. The molecule has 0 fully saturated rings. The Morgan fingerprint density at radius 1 is 1.06 bits per heavy atom. The van der Waals surface area contributed by atoms with Gasteiger partial charge >= 0.3 is 0 Å². The van der Waals surface area contributed by atoms with Crippen LogP contribution < -0.4 is 9.62 Å². The topological polar surface area (TPSA) is 86.8 Å². The molecule has 10 heteroatoms. The van der Waals surface area contributed by atoms with Crippen LogP contribution in [0.5, 0.6) is 0 Å². The maximum atomic E-state index is 13.5. The van der Waals surface area contributed by atoms with Crippen LogP contribution in [0.25, 0.3) is 0 Å². The molecular weight excluding hydrogens is 497 g/mol. The highest BCUT2D eigenvalue weighted by Crippen LogP contribution is 2.24. The number of hydrogen-bond donors (Lipinski definition) is 1. The highest BCUT2D eigenvalue weighted by Gasteiger charge is 2.30. The molecule has 2 aromatic carbocycles. The lowest BCUT2D eigenvalue weighted by Crippen LogP contribution is -2.51. The second-order valence-corrected chi connectivity index (χ2v) is 10.8. The van der Waals surface area contributed by atoms with Crippen LogP contribution in [0.1, 0.15) is 38.3 Å². The Bertz CT molecular complexity index is 1110. The van der Waals surface area contributed by atoms with Crippen LogP contribution in [0.2, 0.25) is 10.0 Å². The number of aryl methyl sites for hydroxylation is 1. The Morgan fingerprint density at radius 2 is 1.71 bits per heavy atom. The smallest absolute Gasteiger partial charge is 0.244 e. The van der Waals surface area contributed by atoms with Crippen molar-refractivity contribution >= 4 is 50.7 Å². The summed E-state index contributed by atoms with van der Waals surface area (Å²) in [7, 11) is -3.77. The first-order chi connectivity index (χ1) is 16.0. The molecular formula is C24H31Cl2N3O4S. The zero-order chi connectivity index (χ0) is 25.5. The zero-order valence-electron chi connectivity index (χ0n) is 19.8. The maximum Gasteiger partial charge on any atom is 0.244 e. The normalized spacial score (nSPS) is 12.2.